The number of pyridine rings is 1. The molecule has 0 radical (unpaired) electrons. The molecule has 3 aromatic heterocycles. The number of amides is 1. The van der Waals surface area contributed by atoms with Crippen molar-refractivity contribution in [3.63, 3.8) is 0 Å². The highest BCUT2D eigenvalue weighted by Crippen LogP contribution is 2.18. The fourth-order valence-electron chi connectivity index (χ4n) is 3.76. The minimum absolute atomic E-state index is 0.0509. The number of carbonyl (C=O) groups excluding carboxylic acids is 1. The molecule has 0 atom stereocenters. The molecule has 1 aliphatic rings. The van der Waals surface area contributed by atoms with Gasteiger partial charge < -0.3 is 4.90 Å². The van der Waals surface area contributed by atoms with E-state index in [1.54, 1.807) is 12.4 Å². The van der Waals surface area contributed by atoms with Crippen molar-refractivity contribution >= 4 is 16.9 Å². The number of rotatable bonds is 4. The van der Waals surface area contributed by atoms with E-state index in [9.17, 15) is 4.79 Å². The Morgan fingerprint density at radius 3 is 2.71 bits per heavy atom. The fraction of sp³-hybridized carbons (Fsp3) is 0.500. The molecule has 0 saturated carbocycles. The van der Waals surface area contributed by atoms with Crippen LogP contribution in [-0.2, 0) is 13.6 Å². The third-order valence-electron chi connectivity index (χ3n) is 5.21. The number of aromatic nitrogens is 5. The van der Waals surface area contributed by atoms with Gasteiger partial charge in [0, 0.05) is 69.2 Å². The SMILES string of the molecule is CC(C)n1ncc2cc(C(=O)N3CCCN(Cc4cnn(C)c4)CC3)cnc21. The molecule has 0 N–H and O–H groups in total. The molecule has 4 heterocycles. The first-order chi connectivity index (χ1) is 13.5. The lowest BCUT2D eigenvalue weighted by molar-refractivity contribution is 0.0761. The summed E-state index contributed by atoms with van der Waals surface area (Å²) in [7, 11) is 1.93. The molecule has 0 spiro atoms. The van der Waals surface area contributed by atoms with E-state index in [-0.39, 0.29) is 11.9 Å². The maximum Gasteiger partial charge on any atom is 0.255 e. The molecule has 0 bridgehead atoms. The molecule has 1 amide bonds. The van der Waals surface area contributed by atoms with Crippen molar-refractivity contribution in [3.05, 3.63) is 42.0 Å². The minimum Gasteiger partial charge on any atom is -0.337 e. The van der Waals surface area contributed by atoms with Crippen molar-refractivity contribution in [3.8, 4) is 0 Å². The molecule has 4 rings (SSSR count). The molecule has 1 fully saturated rings. The van der Waals surface area contributed by atoms with Crippen LogP contribution in [0.5, 0.6) is 0 Å². The Kier molecular flexibility index (Phi) is 5.13. The van der Waals surface area contributed by atoms with E-state index in [0.29, 0.717) is 5.56 Å². The van der Waals surface area contributed by atoms with Crippen molar-refractivity contribution in [2.45, 2.75) is 32.9 Å². The standard InChI is InChI=1S/C20H27N7O/c1-15(2)27-19-17(12-23-27)9-18(11-21-19)20(28)26-6-4-5-25(7-8-26)14-16-10-22-24(3)13-16/h9-13,15H,4-8,14H2,1-3H3. The van der Waals surface area contributed by atoms with E-state index < -0.39 is 0 Å². The molecule has 3 aromatic rings. The van der Waals surface area contributed by atoms with Gasteiger partial charge in [0.2, 0.25) is 0 Å². The Bertz CT molecular complexity index is 974. The molecule has 8 heteroatoms. The zero-order chi connectivity index (χ0) is 19.7. The van der Waals surface area contributed by atoms with Crippen LogP contribution >= 0.6 is 0 Å². The van der Waals surface area contributed by atoms with Crippen molar-refractivity contribution in [2.75, 3.05) is 26.2 Å². The van der Waals surface area contributed by atoms with Gasteiger partial charge in [-0.3, -0.25) is 14.4 Å². The number of nitrogens with zero attached hydrogens (tertiary/aromatic N) is 7. The van der Waals surface area contributed by atoms with Crippen LogP contribution in [0, 0.1) is 0 Å². The number of hydrogen-bond donors (Lipinski definition) is 0. The van der Waals surface area contributed by atoms with E-state index in [4.69, 9.17) is 0 Å². The van der Waals surface area contributed by atoms with Crippen LogP contribution in [0.15, 0.2) is 30.9 Å². The quantitative estimate of drug-likeness (QED) is 0.692. The predicted molar refractivity (Wildman–Crippen MR) is 107 cm³/mol. The summed E-state index contributed by atoms with van der Waals surface area (Å²) in [6, 6.07) is 2.15. The highest BCUT2D eigenvalue weighted by atomic mass is 16.2. The summed E-state index contributed by atoms with van der Waals surface area (Å²) < 4.78 is 3.71. The normalized spacial score (nSPS) is 16.1. The Balaban J connectivity index is 1.44. The van der Waals surface area contributed by atoms with Gasteiger partial charge in [-0.1, -0.05) is 0 Å². The lowest BCUT2D eigenvalue weighted by Gasteiger charge is -2.21. The fourth-order valence-corrected chi connectivity index (χ4v) is 3.76. The second kappa shape index (κ2) is 7.71. The highest BCUT2D eigenvalue weighted by molar-refractivity contribution is 5.96. The Hall–Kier alpha value is -2.74. The molecule has 0 aliphatic carbocycles. The van der Waals surface area contributed by atoms with Crippen LogP contribution in [0.1, 0.15) is 42.2 Å². The topological polar surface area (TPSA) is 72.1 Å². The molecule has 148 valence electrons. The van der Waals surface area contributed by atoms with Gasteiger partial charge in [-0.2, -0.15) is 10.2 Å². The largest absolute Gasteiger partial charge is 0.337 e. The van der Waals surface area contributed by atoms with E-state index in [2.05, 4.69) is 33.9 Å². The van der Waals surface area contributed by atoms with E-state index >= 15 is 0 Å². The van der Waals surface area contributed by atoms with Crippen molar-refractivity contribution < 1.29 is 4.79 Å². The van der Waals surface area contributed by atoms with Crippen molar-refractivity contribution in [1.82, 2.24) is 34.3 Å². The summed E-state index contributed by atoms with van der Waals surface area (Å²) in [5, 5.41) is 9.54. The highest BCUT2D eigenvalue weighted by Gasteiger charge is 2.21. The van der Waals surface area contributed by atoms with E-state index in [1.165, 1.54) is 5.56 Å². The van der Waals surface area contributed by atoms with Crippen LogP contribution < -0.4 is 0 Å². The number of carbonyl (C=O) groups is 1. The van der Waals surface area contributed by atoms with Crippen molar-refractivity contribution in [2.24, 2.45) is 7.05 Å². The summed E-state index contributed by atoms with van der Waals surface area (Å²) in [6.45, 7) is 8.36. The van der Waals surface area contributed by atoms with Gasteiger partial charge in [0.05, 0.1) is 18.0 Å². The van der Waals surface area contributed by atoms with Gasteiger partial charge >= 0.3 is 0 Å². The number of hydrogen-bond acceptors (Lipinski definition) is 5. The summed E-state index contributed by atoms with van der Waals surface area (Å²) in [6.07, 6.45) is 8.39. The predicted octanol–water partition coefficient (Wildman–Crippen LogP) is 2.09. The summed E-state index contributed by atoms with van der Waals surface area (Å²) in [5.74, 6) is 0.0509. The first kappa shape index (κ1) is 18.6. The third-order valence-corrected chi connectivity index (χ3v) is 5.21. The Morgan fingerprint density at radius 2 is 1.96 bits per heavy atom. The summed E-state index contributed by atoms with van der Waals surface area (Å²) in [5.41, 5.74) is 2.67. The lowest BCUT2D eigenvalue weighted by atomic mass is 10.2. The molecule has 0 unspecified atom stereocenters. The smallest absolute Gasteiger partial charge is 0.255 e. The molecular formula is C20H27N7O. The molecule has 8 nitrogen and oxygen atoms in total. The summed E-state index contributed by atoms with van der Waals surface area (Å²) >= 11 is 0. The van der Waals surface area contributed by atoms with Gasteiger partial charge in [0.15, 0.2) is 5.65 Å². The van der Waals surface area contributed by atoms with E-state index in [1.807, 2.05) is 39.8 Å². The molecule has 28 heavy (non-hydrogen) atoms. The van der Waals surface area contributed by atoms with E-state index in [0.717, 1.165) is 50.2 Å². The van der Waals surface area contributed by atoms with Gasteiger partial charge in [-0.15, -0.1) is 0 Å². The van der Waals surface area contributed by atoms with Crippen LogP contribution in [0.4, 0.5) is 0 Å². The Morgan fingerprint density at radius 1 is 1.11 bits per heavy atom. The first-order valence-electron chi connectivity index (χ1n) is 9.83. The second-order valence-corrected chi connectivity index (χ2v) is 7.76. The second-order valence-electron chi connectivity index (χ2n) is 7.76. The first-order valence-corrected chi connectivity index (χ1v) is 9.83. The maximum absolute atomic E-state index is 13.0. The van der Waals surface area contributed by atoms with Gasteiger partial charge in [-0.25, -0.2) is 9.67 Å². The van der Waals surface area contributed by atoms with Gasteiger partial charge in [0.1, 0.15) is 0 Å². The van der Waals surface area contributed by atoms with Crippen LogP contribution in [-0.4, -0.2) is 66.4 Å². The number of fused-ring (bicyclic) bond motifs is 1. The Labute approximate surface area is 164 Å². The minimum atomic E-state index is 0.0509. The van der Waals surface area contributed by atoms with Crippen LogP contribution in [0.25, 0.3) is 11.0 Å². The van der Waals surface area contributed by atoms with Crippen molar-refractivity contribution in [1.29, 1.82) is 0 Å². The molecule has 1 aliphatic heterocycles. The van der Waals surface area contributed by atoms with Gasteiger partial charge in [-0.05, 0) is 26.3 Å². The lowest BCUT2D eigenvalue weighted by Crippen LogP contribution is -2.35. The molecule has 0 aromatic carbocycles. The average molecular weight is 381 g/mol. The van der Waals surface area contributed by atoms with Gasteiger partial charge in [0.25, 0.3) is 5.91 Å². The number of aryl methyl sites for hydroxylation is 1. The zero-order valence-electron chi connectivity index (χ0n) is 16.7. The van der Waals surface area contributed by atoms with Crippen LogP contribution in [0.3, 0.4) is 0 Å². The molecule has 1 saturated heterocycles. The summed E-state index contributed by atoms with van der Waals surface area (Å²) in [4.78, 5) is 21.9. The zero-order valence-corrected chi connectivity index (χ0v) is 16.7. The third kappa shape index (κ3) is 3.77. The average Bonchev–Trinajstić information content (AvgIpc) is 3.21. The van der Waals surface area contributed by atoms with Crippen LogP contribution in [0.2, 0.25) is 0 Å². The monoisotopic (exact) mass is 381 g/mol. The molecular weight excluding hydrogens is 354 g/mol. The maximum atomic E-state index is 13.0.